The zero-order valence-electron chi connectivity index (χ0n) is 8.88. The highest BCUT2D eigenvalue weighted by molar-refractivity contribution is 5.72. The quantitative estimate of drug-likeness (QED) is 0.762. The summed E-state index contributed by atoms with van der Waals surface area (Å²) in [5.41, 5.74) is 3.55. The van der Waals surface area contributed by atoms with Crippen molar-refractivity contribution in [3.8, 4) is 0 Å². The van der Waals surface area contributed by atoms with Gasteiger partial charge in [0, 0.05) is 18.3 Å². The number of hydrogen-bond acceptors (Lipinski definition) is 1. The van der Waals surface area contributed by atoms with Crippen molar-refractivity contribution in [2.45, 2.75) is 13.3 Å². The number of hydrogen-bond donors (Lipinski definition) is 1. The Hall–Kier alpha value is -1.50. The van der Waals surface area contributed by atoms with Crippen LogP contribution in [0.4, 0.5) is 0 Å². The molecule has 0 amide bonds. The lowest BCUT2D eigenvalue weighted by Crippen LogP contribution is -2.05. The number of nitrogens with one attached hydrogen (secondary N) is 1. The Labute approximate surface area is 86.2 Å². The van der Waals surface area contributed by atoms with E-state index < -0.39 is 0 Å². The highest BCUT2D eigenvalue weighted by Gasteiger charge is 2.01. The predicted octanol–water partition coefficient (Wildman–Crippen LogP) is 3.30. The van der Waals surface area contributed by atoms with E-state index in [1.807, 2.05) is 25.3 Å². The van der Waals surface area contributed by atoms with Gasteiger partial charge in [0.05, 0.1) is 0 Å². The van der Waals surface area contributed by atoms with Gasteiger partial charge in [0.2, 0.25) is 0 Å². The first-order chi connectivity index (χ1) is 6.83. The van der Waals surface area contributed by atoms with E-state index in [4.69, 9.17) is 0 Å². The summed E-state index contributed by atoms with van der Waals surface area (Å²) in [5, 5.41) is 3.21. The fourth-order valence-corrected chi connectivity index (χ4v) is 1.47. The molecule has 1 N–H and O–H groups in total. The Kier molecular flexibility index (Phi) is 3.99. The average Bonchev–Trinajstić information content (AvgIpc) is 2.26. The summed E-state index contributed by atoms with van der Waals surface area (Å²) in [4.78, 5) is 0. The highest BCUT2D eigenvalue weighted by Crippen LogP contribution is 2.18. The van der Waals surface area contributed by atoms with Crippen LogP contribution in [0.15, 0.2) is 36.9 Å². The van der Waals surface area contributed by atoms with Crippen molar-refractivity contribution in [1.29, 1.82) is 0 Å². The summed E-state index contributed by atoms with van der Waals surface area (Å²) in [7, 11) is 1.95. The molecule has 0 aliphatic rings. The summed E-state index contributed by atoms with van der Waals surface area (Å²) < 4.78 is 0. The molecular weight excluding hydrogens is 170 g/mol. The Morgan fingerprint density at radius 2 is 2.14 bits per heavy atom. The van der Waals surface area contributed by atoms with Crippen molar-refractivity contribution >= 4 is 11.8 Å². The molecule has 0 radical (unpaired) electrons. The van der Waals surface area contributed by atoms with E-state index in [-0.39, 0.29) is 0 Å². The van der Waals surface area contributed by atoms with Gasteiger partial charge in [0.25, 0.3) is 0 Å². The molecule has 1 aromatic carbocycles. The maximum absolute atomic E-state index is 3.81. The van der Waals surface area contributed by atoms with Crippen LogP contribution < -0.4 is 5.32 Å². The van der Waals surface area contributed by atoms with Gasteiger partial charge in [-0.15, -0.1) is 0 Å². The molecule has 0 spiro atoms. The third-order valence-corrected chi connectivity index (χ3v) is 2.15. The minimum absolute atomic E-state index is 1.03. The van der Waals surface area contributed by atoms with E-state index >= 15 is 0 Å². The second-order valence-corrected chi connectivity index (χ2v) is 3.07. The second-order valence-electron chi connectivity index (χ2n) is 3.07. The summed E-state index contributed by atoms with van der Waals surface area (Å²) in [5.74, 6) is 0. The molecule has 0 saturated heterocycles. The Morgan fingerprint density at radius 3 is 2.71 bits per heavy atom. The number of benzene rings is 1. The monoisotopic (exact) mass is 187 g/mol. The molecule has 0 heterocycles. The Bertz CT molecular complexity index is 337. The van der Waals surface area contributed by atoms with Crippen LogP contribution in [0.3, 0.4) is 0 Å². The van der Waals surface area contributed by atoms with Crippen molar-refractivity contribution in [1.82, 2.24) is 5.32 Å². The fourth-order valence-electron chi connectivity index (χ4n) is 1.47. The third kappa shape index (κ3) is 2.25. The van der Waals surface area contributed by atoms with Gasteiger partial charge in [-0.25, -0.2) is 0 Å². The summed E-state index contributed by atoms with van der Waals surface area (Å²) in [6, 6.07) is 8.25. The smallest absolute Gasteiger partial charge is 0.0376 e. The zero-order valence-corrected chi connectivity index (χ0v) is 8.88. The van der Waals surface area contributed by atoms with Gasteiger partial charge in [-0.3, -0.25) is 0 Å². The molecule has 1 aromatic rings. The van der Waals surface area contributed by atoms with Crippen molar-refractivity contribution in [3.05, 3.63) is 48.0 Å². The molecule has 0 aliphatic carbocycles. The van der Waals surface area contributed by atoms with Crippen LogP contribution in [0, 0.1) is 0 Å². The maximum Gasteiger partial charge on any atom is 0.0376 e. The van der Waals surface area contributed by atoms with Gasteiger partial charge in [-0.1, -0.05) is 49.9 Å². The molecule has 1 nitrogen and oxygen atoms in total. The largest absolute Gasteiger partial charge is 0.388 e. The van der Waals surface area contributed by atoms with E-state index in [1.54, 1.807) is 0 Å². The lowest BCUT2D eigenvalue weighted by atomic mass is 10.0. The maximum atomic E-state index is 3.81. The topological polar surface area (TPSA) is 12.0 Å². The van der Waals surface area contributed by atoms with Crippen LogP contribution in [-0.4, -0.2) is 7.05 Å². The van der Waals surface area contributed by atoms with Gasteiger partial charge < -0.3 is 5.32 Å². The van der Waals surface area contributed by atoms with Crippen LogP contribution in [0.1, 0.15) is 24.5 Å². The fraction of sp³-hybridized carbons (Fsp3) is 0.231. The van der Waals surface area contributed by atoms with Crippen LogP contribution in [0.25, 0.3) is 11.8 Å². The molecule has 0 unspecified atom stereocenters. The minimum Gasteiger partial charge on any atom is -0.388 e. The van der Waals surface area contributed by atoms with Crippen LogP contribution in [-0.2, 0) is 0 Å². The molecule has 14 heavy (non-hydrogen) atoms. The molecule has 0 aliphatic heterocycles. The van der Waals surface area contributed by atoms with Gasteiger partial charge >= 0.3 is 0 Å². The van der Waals surface area contributed by atoms with Crippen molar-refractivity contribution < 1.29 is 0 Å². The standard InChI is InChI=1S/C13H17N/c1-4-8-13(14-3)12-10-7-6-9-11(12)5-2/h5-10,14H,2,4H2,1,3H3/b13-8-. The number of rotatable bonds is 4. The second kappa shape index (κ2) is 5.28. The van der Waals surface area contributed by atoms with Crippen LogP contribution >= 0.6 is 0 Å². The van der Waals surface area contributed by atoms with Gasteiger partial charge in [-0.05, 0) is 12.0 Å². The average molecular weight is 187 g/mol. The van der Waals surface area contributed by atoms with Crippen molar-refractivity contribution in [3.63, 3.8) is 0 Å². The van der Waals surface area contributed by atoms with Crippen LogP contribution in [0.2, 0.25) is 0 Å². The Balaban J connectivity index is 3.15. The normalized spacial score (nSPS) is 11.1. The molecule has 74 valence electrons. The van der Waals surface area contributed by atoms with Crippen LogP contribution in [0.5, 0.6) is 0 Å². The molecule has 0 aromatic heterocycles. The van der Waals surface area contributed by atoms with Gasteiger partial charge in [-0.2, -0.15) is 0 Å². The minimum atomic E-state index is 1.03. The molecule has 0 atom stereocenters. The van der Waals surface area contributed by atoms with E-state index in [0.29, 0.717) is 0 Å². The summed E-state index contributed by atoms with van der Waals surface area (Å²) in [6.45, 7) is 5.95. The van der Waals surface area contributed by atoms with E-state index in [2.05, 4.69) is 37.0 Å². The first-order valence-corrected chi connectivity index (χ1v) is 4.93. The summed E-state index contributed by atoms with van der Waals surface area (Å²) in [6.07, 6.45) is 5.10. The Morgan fingerprint density at radius 1 is 1.43 bits per heavy atom. The molecule has 0 bridgehead atoms. The molecule has 1 rings (SSSR count). The summed E-state index contributed by atoms with van der Waals surface area (Å²) >= 11 is 0. The van der Waals surface area contributed by atoms with E-state index in [0.717, 1.165) is 6.42 Å². The molecular formula is C13H17N. The lowest BCUT2D eigenvalue weighted by molar-refractivity contribution is 1.09. The van der Waals surface area contributed by atoms with Crippen molar-refractivity contribution in [2.75, 3.05) is 7.05 Å². The van der Waals surface area contributed by atoms with E-state index in [1.165, 1.54) is 16.8 Å². The molecule has 0 saturated carbocycles. The molecule has 1 heteroatoms. The van der Waals surface area contributed by atoms with Crippen molar-refractivity contribution in [2.24, 2.45) is 0 Å². The third-order valence-electron chi connectivity index (χ3n) is 2.15. The number of allylic oxidation sites excluding steroid dienone is 1. The first kappa shape index (κ1) is 10.6. The lowest BCUT2D eigenvalue weighted by Gasteiger charge is -2.10. The highest BCUT2D eigenvalue weighted by atomic mass is 14.8. The van der Waals surface area contributed by atoms with Gasteiger partial charge in [0.15, 0.2) is 0 Å². The van der Waals surface area contributed by atoms with E-state index in [9.17, 15) is 0 Å². The zero-order chi connectivity index (χ0) is 10.4. The predicted molar refractivity (Wildman–Crippen MR) is 63.9 cm³/mol. The molecule has 0 fully saturated rings. The van der Waals surface area contributed by atoms with Gasteiger partial charge in [0.1, 0.15) is 0 Å². The SMILES string of the molecule is C=Cc1ccccc1/C(=C/CC)NC. The first-order valence-electron chi connectivity index (χ1n) is 4.93.